The molecule has 9 heteroatoms. The molecule has 2 rings (SSSR count). The summed E-state index contributed by atoms with van der Waals surface area (Å²) in [6.07, 6.45) is 3.09. The van der Waals surface area contributed by atoms with Crippen LogP contribution in [0.25, 0.3) is 0 Å². The molecule has 0 unspecified atom stereocenters. The third-order valence-corrected chi connectivity index (χ3v) is 5.36. The van der Waals surface area contributed by atoms with Crippen LogP contribution < -0.4 is 10.6 Å². The van der Waals surface area contributed by atoms with E-state index in [1.807, 2.05) is 13.8 Å². The molecule has 1 aliphatic carbocycles. The molecule has 1 heterocycles. The molecule has 2 aliphatic rings. The van der Waals surface area contributed by atoms with Crippen molar-refractivity contribution in [3.05, 3.63) is 0 Å². The van der Waals surface area contributed by atoms with Crippen molar-refractivity contribution in [2.75, 3.05) is 25.5 Å². The van der Waals surface area contributed by atoms with E-state index in [1.54, 1.807) is 0 Å². The van der Waals surface area contributed by atoms with Crippen LogP contribution in [0.15, 0.2) is 0 Å². The number of hydrogen-bond acceptors (Lipinski definition) is 5. The Morgan fingerprint density at radius 1 is 1.29 bits per heavy atom. The van der Waals surface area contributed by atoms with Crippen LogP contribution in [0.1, 0.15) is 46.0 Å². The topological polar surface area (TPSA) is 105 Å². The van der Waals surface area contributed by atoms with Gasteiger partial charge in [0.05, 0.1) is 18.5 Å². The van der Waals surface area contributed by atoms with Crippen LogP contribution in [0.3, 0.4) is 0 Å². The van der Waals surface area contributed by atoms with Crippen LogP contribution in [0.5, 0.6) is 0 Å². The zero-order valence-electron chi connectivity index (χ0n) is 16.5. The standard InChI is InChI=1S/C19H30ClN3O5/c1-12(2)8-15(22-19(27)28-14-4-3-5-14)16(24)11-23(17(25)9-20)10-13-6-7-21-18(13)26/h12-15H,3-11H2,1-2H3,(H,21,26)(H,22,27)/t13-,15-/m0/s1. The predicted molar refractivity (Wildman–Crippen MR) is 104 cm³/mol. The van der Waals surface area contributed by atoms with E-state index in [0.29, 0.717) is 19.4 Å². The first-order valence-corrected chi connectivity index (χ1v) is 10.4. The molecule has 28 heavy (non-hydrogen) atoms. The monoisotopic (exact) mass is 415 g/mol. The van der Waals surface area contributed by atoms with E-state index >= 15 is 0 Å². The first-order valence-electron chi connectivity index (χ1n) is 9.91. The first kappa shape index (κ1) is 22.5. The number of Topliss-reactive ketones (excluding diaryl/α,β-unsaturated/α-hetero) is 1. The third-order valence-electron chi connectivity index (χ3n) is 5.13. The maximum absolute atomic E-state index is 12.9. The number of nitrogens with zero attached hydrogens (tertiary/aromatic N) is 1. The van der Waals surface area contributed by atoms with Crippen LogP contribution in [-0.2, 0) is 19.1 Å². The number of hydrogen-bond donors (Lipinski definition) is 2. The van der Waals surface area contributed by atoms with Crippen molar-refractivity contribution in [1.29, 1.82) is 0 Å². The number of nitrogens with one attached hydrogen (secondary N) is 2. The van der Waals surface area contributed by atoms with Crippen molar-refractivity contribution in [2.45, 2.75) is 58.1 Å². The fraction of sp³-hybridized carbons (Fsp3) is 0.789. The summed E-state index contributed by atoms with van der Waals surface area (Å²) in [4.78, 5) is 50.3. The van der Waals surface area contributed by atoms with Gasteiger partial charge in [0, 0.05) is 13.1 Å². The van der Waals surface area contributed by atoms with Gasteiger partial charge in [0.1, 0.15) is 12.0 Å². The lowest BCUT2D eigenvalue weighted by Crippen LogP contribution is -2.49. The number of amides is 3. The summed E-state index contributed by atoms with van der Waals surface area (Å²) in [7, 11) is 0. The van der Waals surface area contributed by atoms with Crippen molar-refractivity contribution < 1.29 is 23.9 Å². The smallest absolute Gasteiger partial charge is 0.407 e. The van der Waals surface area contributed by atoms with Crippen LogP contribution in [0, 0.1) is 11.8 Å². The number of alkyl carbamates (subject to hydrolysis) is 1. The Labute approximate surface area is 170 Å². The Hall–Kier alpha value is -1.83. The minimum absolute atomic E-state index is 0.0787. The van der Waals surface area contributed by atoms with E-state index in [0.717, 1.165) is 19.3 Å². The second-order valence-electron chi connectivity index (χ2n) is 7.94. The van der Waals surface area contributed by atoms with Crippen molar-refractivity contribution in [3.8, 4) is 0 Å². The minimum atomic E-state index is -0.754. The number of carbonyl (C=O) groups excluding carboxylic acids is 4. The molecule has 2 N–H and O–H groups in total. The van der Waals surface area contributed by atoms with E-state index in [9.17, 15) is 19.2 Å². The molecule has 1 aliphatic heterocycles. The number of halogens is 1. The van der Waals surface area contributed by atoms with Gasteiger partial charge in [0.25, 0.3) is 0 Å². The van der Waals surface area contributed by atoms with Crippen LogP contribution >= 0.6 is 11.6 Å². The number of ketones is 1. The molecule has 0 radical (unpaired) electrons. The van der Waals surface area contributed by atoms with Crippen molar-refractivity contribution in [3.63, 3.8) is 0 Å². The molecule has 8 nitrogen and oxygen atoms in total. The van der Waals surface area contributed by atoms with Crippen LogP contribution in [0.4, 0.5) is 4.79 Å². The molecule has 0 spiro atoms. The van der Waals surface area contributed by atoms with Crippen LogP contribution in [-0.4, -0.2) is 66.3 Å². The van der Waals surface area contributed by atoms with Gasteiger partial charge < -0.3 is 20.3 Å². The largest absolute Gasteiger partial charge is 0.446 e. The third kappa shape index (κ3) is 6.65. The second kappa shape index (κ2) is 10.6. The highest BCUT2D eigenvalue weighted by Gasteiger charge is 2.32. The summed E-state index contributed by atoms with van der Waals surface area (Å²) in [5.74, 6) is -1.28. The Bertz CT molecular complexity index is 594. The van der Waals surface area contributed by atoms with E-state index in [2.05, 4.69) is 10.6 Å². The molecule has 0 aromatic carbocycles. The molecule has 3 amide bonds. The molecule has 1 saturated heterocycles. The summed E-state index contributed by atoms with van der Waals surface area (Å²) in [5.41, 5.74) is 0. The van der Waals surface area contributed by atoms with E-state index in [1.165, 1.54) is 4.90 Å². The fourth-order valence-electron chi connectivity index (χ4n) is 3.28. The van der Waals surface area contributed by atoms with Gasteiger partial charge >= 0.3 is 6.09 Å². The van der Waals surface area contributed by atoms with Gasteiger partial charge in [-0.15, -0.1) is 11.6 Å². The lowest BCUT2D eigenvalue weighted by molar-refractivity contribution is -0.135. The van der Waals surface area contributed by atoms with Gasteiger partial charge in [-0.25, -0.2) is 4.79 Å². The average molecular weight is 416 g/mol. The molecule has 0 aromatic heterocycles. The number of rotatable bonds is 10. The molecule has 2 fully saturated rings. The molecule has 2 atom stereocenters. The summed E-state index contributed by atoms with van der Waals surface area (Å²) < 4.78 is 5.29. The molecular formula is C19H30ClN3O5. The quantitative estimate of drug-likeness (QED) is 0.525. The summed E-state index contributed by atoms with van der Waals surface area (Å²) in [6.45, 7) is 4.40. The summed E-state index contributed by atoms with van der Waals surface area (Å²) >= 11 is 5.69. The Balaban J connectivity index is 1.98. The normalized spacial score (nSPS) is 20.3. The molecule has 158 valence electrons. The average Bonchev–Trinajstić information content (AvgIpc) is 3.00. The van der Waals surface area contributed by atoms with Crippen molar-refractivity contribution in [2.24, 2.45) is 11.8 Å². The van der Waals surface area contributed by atoms with Gasteiger partial charge in [0.2, 0.25) is 11.8 Å². The zero-order valence-corrected chi connectivity index (χ0v) is 17.3. The Morgan fingerprint density at radius 3 is 2.50 bits per heavy atom. The number of ether oxygens (including phenoxy) is 1. The highest BCUT2D eigenvalue weighted by Crippen LogP contribution is 2.22. The molecule has 1 saturated carbocycles. The fourth-order valence-corrected chi connectivity index (χ4v) is 3.45. The van der Waals surface area contributed by atoms with Gasteiger partial charge in [-0.1, -0.05) is 13.8 Å². The SMILES string of the molecule is CC(C)C[C@H](NC(=O)OC1CCC1)C(=O)CN(C[C@@H]1CCNC1=O)C(=O)CCl. The Morgan fingerprint density at radius 2 is 2.00 bits per heavy atom. The minimum Gasteiger partial charge on any atom is -0.446 e. The van der Waals surface area contributed by atoms with E-state index < -0.39 is 18.0 Å². The zero-order chi connectivity index (χ0) is 20.7. The van der Waals surface area contributed by atoms with Crippen LogP contribution in [0.2, 0.25) is 0 Å². The number of alkyl halides is 1. The van der Waals surface area contributed by atoms with Gasteiger partial charge in [-0.05, 0) is 38.0 Å². The highest BCUT2D eigenvalue weighted by atomic mass is 35.5. The molecular weight excluding hydrogens is 386 g/mol. The number of carbonyl (C=O) groups is 4. The maximum Gasteiger partial charge on any atom is 0.407 e. The van der Waals surface area contributed by atoms with Gasteiger partial charge in [-0.2, -0.15) is 0 Å². The van der Waals surface area contributed by atoms with E-state index in [-0.39, 0.29) is 48.6 Å². The van der Waals surface area contributed by atoms with Gasteiger partial charge in [0.15, 0.2) is 5.78 Å². The lowest BCUT2D eigenvalue weighted by Gasteiger charge is -2.28. The molecule has 0 aromatic rings. The highest BCUT2D eigenvalue weighted by molar-refractivity contribution is 6.27. The predicted octanol–water partition coefficient (Wildman–Crippen LogP) is 1.45. The Kier molecular flexibility index (Phi) is 8.54. The van der Waals surface area contributed by atoms with Crippen molar-refractivity contribution in [1.82, 2.24) is 15.5 Å². The lowest BCUT2D eigenvalue weighted by atomic mass is 9.96. The van der Waals surface area contributed by atoms with Crippen molar-refractivity contribution >= 4 is 35.3 Å². The first-order chi connectivity index (χ1) is 13.3. The maximum atomic E-state index is 12.9. The molecule has 0 bridgehead atoms. The summed E-state index contributed by atoms with van der Waals surface area (Å²) in [6, 6.07) is -0.754. The van der Waals surface area contributed by atoms with Gasteiger partial charge in [-0.3, -0.25) is 14.4 Å². The summed E-state index contributed by atoms with van der Waals surface area (Å²) in [5, 5.41) is 5.37. The second-order valence-corrected chi connectivity index (χ2v) is 8.20. The van der Waals surface area contributed by atoms with E-state index in [4.69, 9.17) is 16.3 Å².